The molecule has 2 saturated heterocycles. The third-order valence-electron chi connectivity index (χ3n) is 6.21. The summed E-state index contributed by atoms with van der Waals surface area (Å²) in [5.41, 5.74) is 1.37. The second kappa shape index (κ2) is 8.71. The van der Waals surface area contributed by atoms with Crippen LogP contribution in [0.5, 0.6) is 0 Å². The van der Waals surface area contributed by atoms with Gasteiger partial charge in [0, 0.05) is 36.4 Å². The van der Waals surface area contributed by atoms with Gasteiger partial charge in [-0.25, -0.2) is 0 Å². The molecule has 9 heteroatoms. The number of alkyl halides is 3. The van der Waals surface area contributed by atoms with Crippen LogP contribution >= 0.6 is 0 Å². The van der Waals surface area contributed by atoms with E-state index in [0.29, 0.717) is 28.6 Å². The van der Waals surface area contributed by atoms with Gasteiger partial charge in [0.05, 0.1) is 22.9 Å². The van der Waals surface area contributed by atoms with E-state index in [2.05, 4.69) is 21.7 Å². The largest absolute Gasteiger partial charge is 0.394 e. The Morgan fingerprint density at radius 3 is 2.84 bits per heavy atom. The molecular formula is C22H24F3N5O. The molecule has 3 unspecified atom stereocenters. The molecule has 3 heterocycles. The summed E-state index contributed by atoms with van der Waals surface area (Å²) in [6.07, 6.45) is -0.576. The average Bonchev–Trinajstić information content (AvgIpc) is 3.06. The number of carbonyl (C=O) groups excluding carboxylic acids is 1. The van der Waals surface area contributed by atoms with Gasteiger partial charge in [0.1, 0.15) is 6.07 Å². The molecule has 2 aliphatic heterocycles. The first-order valence-electron chi connectivity index (χ1n) is 10.5. The number of hydrogen-bond donors (Lipinski definition) is 2. The summed E-state index contributed by atoms with van der Waals surface area (Å²) in [5, 5.41) is 16.0. The Morgan fingerprint density at radius 1 is 1.23 bits per heavy atom. The van der Waals surface area contributed by atoms with Crippen LogP contribution in [-0.2, 0) is 4.79 Å². The molecule has 0 spiro atoms. The highest BCUT2D eigenvalue weighted by molar-refractivity contribution is 5.95. The van der Waals surface area contributed by atoms with E-state index in [1.165, 1.54) is 0 Å². The fraction of sp³-hybridized carbons (Fsp3) is 0.500. The van der Waals surface area contributed by atoms with E-state index >= 15 is 0 Å². The summed E-state index contributed by atoms with van der Waals surface area (Å²) in [5.74, 6) is -3.47. The van der Waals surface area contributed by atoms with Crippen LogP contribution in [0.3, 0.4) is 0 Å². The number of anilines is 1. The van der Waals surface area contributed by atoms with Gasteiger partial charge >= 0.3 is 6.18 Å². The molecule has 4 rings (SSSR count). The molecule has 2 aliphatic rings. The molecule has 1 aromatic carbocycles. The van der Waals surface area contributed by atoms with Crippen LogP contribution in [0, 0.1) is 23.2 Å². The Hall–Kier alpha value is -2.86. The Morgan fingerprint density at radius 2 is 2.06 bits per heavy atom. The highest BCUT2D eigenvalue weighted by Crippen LogP contribution is 2.41. The number of benzene rings is 1. The molecule has 0 radical (unpaired) electrons. The summed E-state index contributed by atoms with van der Waals surface area (Å²) < 4.78 is 41.6. The normalized spacial score (nSPS) is 24.6. The van der Waals surface area contributed by atoms with Crippen LogP contribution in [0.15, 0.2) is 30.5 Å². The zero-order valence-electron chi connectivity index (χ0n) is 17.0. The van der Waals surface area contributed by atoms with Crippen molar-refractivity contribution in [2.45, 2.75) is 31.5 Å². The smallest absolute Gasteiger partial charge is 0.370 e. The number of rotatable bonds is 3. The third kappa shape index (κ3) is 4.44. The van der Waals surface area contributed by atoms with Gasteiger partial charge in [-0.3, -0.25) is 9.78 Å². The Bertz CT molecular complexity index is 995. The van der Waals surface area contributed by atoms with Crippen LogP contribution in [0.2, 0.25) is 0 Å². The standard InChI is InChI=1S/C22H24F3N5O/c23-22(24,25)18-13-30(12-17(18)21(31)29-15-3-1-8-27-10-7-15)19-6-5-14(11-26)20-16(19)4-2-9-28-20/h2,4-6,9,15,17-18,27H,1,3,7-8,10,12-13H2,(H,29,31). The van der Waals surface area contributed by atoms with Crippen molar-refractivity contribution in [3.05, 3.63) is 36.0 Å². The maximum atomic E-state index is 13.9. The Labute approximate surface area is 178 Å². The van der Waals surface area contributed by atoms with E-state index in [1.54, 1.807) is 35.4 Å². The number of aromatic nitrogens is 1. The number of halogens is 3. The monoisotopic (exact) mass is 431 g/mol. The predicted molar refractivity (Wildman–Crippen MR) is 110 cm³/mol. The van der Waals surface area contributed by atoms with Crippen molar-refractivity contribution in [2.24, 2.45) is 11.8 Å². The summed E-state index contributed by atoms with van der Waals surface area (Å²) in [6, 6.07) is 8.61. The van der Waals surface area contributed by atoms with Gasteiger partial charge in [0.25, 0.3) is 0 Å². The Kier molecular flexibility index (Phi) is 6.01. The molecule has 2 N–H and O–H groups in total. The lowest BCUT2D eigenvalue weighted by atomic mass is 9.94. The summed E-state index contributed by atoms with van der Waals surface area (Å²) >= 11 is 0. The van der Waals surface area contributed by atoms with Crippen molar-refractivity contribution in [3.63, 3.8) is 0 Å². The summed E-state index contributed by atoms with van der Waals surface area (Å²) in [6.45, 7) is 1.27. The number of carbonyl (C=O) groups is 1. The molecule has 6 nitrogen and oxygen atoms in total. The average molecular weight is 431 g/mol. The highest BCUT2D eigenvalue weighted by Gasteiger charge is 2.52. The lowest BCUT2D eigenvalue weighted by Gasteiger charge is -2.23. The maximum Gasteiger partial charge on any atom is 0.394 e. The Balaban J connectivity index is 1.61. The summed E-state index contributed by atoms with van der Waals surface area (Å²) in [4.78, 5) is 18.7. The van der Waals surface area contributed by atoms with Crippen molar-refractivity contribution < 1.29 is 18.0 Å². The summed E-state index contributed by atoms with van der Waals surface area (Å²) in [7, 11) is 0. The zero-order chi connectivity index (χ0) is 22.0. The van der Waals surface area contributed by atoms with Crippen molar-refractivity contribution >= 4 is 22.5 Å². The van der Waals surface area contributed by atoms with E-state index in [9.17, 15) is 23.2 Å². The van der Waals surface area contributed by atoms with E-state index in [0.717, 1.165) is 25.9 Å². The van der Waals surface area contributed by atoms with Gasteiger partial charge in [-0.2, -0.15) is 18.4 Å². The number of pyridine rings is 1. The molecule has 0 bridgehead atoms. The van der Waals surface area contributed by atoms with Crippen LogP contribution in [0.1, 0.15) is 24.8 Å². The van der Waals surface area contributed by atoms with Gasteiger partial charge in [-0.05, 0) is 56.6 Å². The number of nitrogens with zero attached hydrogens (tertiary/aromatic N) is 3. The van der Waals surface area contributed by atoms with E-state index < -0.39 is 23.9 Å². The van der Waals surface area contributed by atoms with Crippen LogP contribution in [0.25, 0.3) is 10.9 Å². The van der Waals surface area contributed by atoms with Gasteiger partial charge in [-0.1, -0.05) is 0 Å². The first-order valence-corrected chi connectivity index (χ1v) is 10.5. The minimum absolute atomic E-state index is 0.0309. The van der Waals surface area contributed by atoms with E-state index in [4.69, 9.17) is 0 Å². The molecule has 2 fully saturated rings. The van der Waals surface area contributed by atoms with Crippen molar-refractivity contribution in [1.29, 1.82) is 5.26 Å². The lowest BCUT2D eigenvalue weighted by molar-refractivity contribution is -0.182. The van der Waals surface area contributed by atoms with Crippen LogP contribution < -0.4 is 15.5 Å². The van der Waals surface area contributed by atoms with Crippen LogP contribution in [-0.4, -0.2) is 49.3 Å². The predicted octanol–water partition coefficient (Wildman–Crippen LogP) is 2.98. The van der Waals surface area contributed by atoms with Crippen LogP contribution in [0.4, 0.5) is 18.9 Å². The minimum Gasteiger partial charge on any atom is -0.370 e. The minimum atomic E-state index is -4.48. The topological polar surface area (TPSA) is 81.0 Å². The SMILES string of the molecule is N#Cc1ccc(N2CC(C(=O)NC3CCCNCC3)C(C(F)(F)F)C2)c2cccnc12. The number of hydrogen-bond acceptors (Lipinski definition) is 5. The molecule has 0 saturated carbocycles. The van der Waals surface area contributed by atoms with Crippen molar-refractivity contribution in [2.75, 3.05) is 31.1 Å². The van der Waals surface area contributed by atoms with Gasteiger partial charge in [0.15, 0.2) is 0 Å². The first-order chi connectivity index (χ1) is 14.9. The quantitative estimate of drug-likeness (QED) is 0.781. The molecule has 31 heavy (non-hydrogen) atoms. The molecule has 3 atom stereocenters. The molecule has 0 aliphatic carbocycles. The van der Waals surface area contributed by atoms with Crippen molar-refractivity contribution in [1.82, 2.24) is 15.6 Å². The fourth-order valence-electron chi connectivity index (χ4n) is 4.59. The van der Waals surface area contributed by atoms with E-state index in [-0.39, 0.29) is 19.1 Å². The maximum absolute atomic E-state index is 13.9. The lowest BCUT2D eigenvalue weighted by Crippen LogP contribution is -2.44. The van der Waals surface area contributed by atoms with E-state index in [1.807, 2.05) is 0 Å². The molecule has 1 aromatic heterocycles. The van der Waals surface area contributed by atoms with Gasteiger partial charge in [0.2, 0.25) is 5.91 Å². The van der Waals surface area contributed by atoms with Gasteiger partial charge < -0.3 is 15.5 Å². The molecule has 164 valence electrons. The first kappa shape index (κ1) is 21.4. The second-order valence-electron chi connectivity index (χ2n) is 8.19. The molecular weight excluding hydrogens is 407 g/mol. The molecule has 1 amide bonds. The number of nitrogens with one attached hydrogen (secondary N) is 2. The highest BCUT2D eigenvalue weighted by atomic mass is 19.4. The number of fused-ring (bicyclic) bond motifs is 1. The fourth-order valence-corrected chi connectivity index (χ4v) is 4.59. The second-order valence-corrected chi connectivity index (χ2v) is 8.19. The molecule has 2 aromatic rings. The number of nitriles is 1. The van der Waals surface area contributed by atoms with Gasteiger partial charge in [-0.15, -0.1) is 0 Å². The third-order valence-corrected chi connectivity index (χ3v) is 6.21. The zero-order valence-corrected chi connectivity index (χ0v) is 17.0. The van der Waals surface area contributed by atoms with Crippen molar-refractivity contribution in [3.8, 4) is 6.07 Å². The number of amides is 1.